The molecule has 0 saturated carbocycles. The van der Waals surface area contributed by atoms with Crippen molar-refractivity contribution in [1.29, 1.82) is 0 Å². The van der Waals surface area contributed by atoms with Gasteiger partial charge in [-0.05, 0) is 89.9 Å². The van der Waals surface area contributed by atoms with E-state index in [-0.39, 0.29) is 37.5 Å². The van der Waals surface area contributed by atoms with Crippen LogP contribution in [0.5, 0.6) is 0 Å². The van der Waals surface area contributed by atoms with Crippen LogP contribution in [0.1, 0.15) is 245 Å². The fourth-order valence-corrected chi connectivity index (χ4v) is 7.15. The molecule has 0 heterocycles. The van der Waals surface area contributed by atoms with E-state index < -0.39 is 6.10 Å². The molecule has 0 fully saturated rings. The molecule has 0 spiro atoms. The highest BCUT2D eigenvalue weighted by Gasteiger charge is 2.19. The molecule has 6 heteroatoms. The zero-order chi connectivity index (χ0) is 46.5. The van der Waals surface area contributed by atoms with Crippen LogP contribution in [0, 0.1) is 0 Å². The summed E-state index contributed by atoms with van der Waals surface area (Å²) in [5.41, 5.74) is 0. The monoisotopic (exact) mass is 891 g/mol. The lowest BCUT2D eigenvalue weighted by Gasteiger charge is -2.18. The number of carbonyl (C=O) groups is 3. The molecule has 0 amide bonds. The number of hydrogen-bond donors (Lipinski definition) is 0. The Morgan fingerprint density at radius 2 is 0.625 bits per heavy atom. The number of esters is 3. The first kappa shape index (κ1) is 60.6. The quantitative estimate of drug-likeness (QED) is 0.0262. The first-order valence-corrected chi connectivity index (χ1v) is 26.6. The summed E-state index contributed by atoms with van der Waals surface area (Å²) >= 11 is 0. The third-order valence-corrected chi connectivity index (χ3v) is 11.1. The van der Waals surface area contributed by atoms with Crippen molar-refractivity contribution >= 4 is 17.9 Å². The van der Waals surface area contributed by atoms with Gasteiger partial charge in [-0.15, -0.1) is 0 Å². The van der Waals surface area contributed by atoms with E-state index in [9.17, 15) is 14.4 Å². The maximum Gasteiger partial charge on any atom is 0.306 e. The molecule has 0 aromatic rings. The highest BCUT2D eigenvalue weighted by molar-refractivity contribution is 5.71. The van der Waals surface area contributed by atoms with Crippen LogP contribution in [0.2, 0.25) is 0 Å². The van der Waals surface area contributed by atoms with Crippen molar-refractivity contribution in [2.45, 2.75) is 252 Å². The van der Waals surface area contributed by atoms with Gasteiger partial charge in [0.1, 0.15) is 13.2 Å². The first-order chi connectivity index (χ1) is 31.5. The van der Waals surface area contributed by atoms with Gasteiger partial charge >= 0.3 is 17.9 Å². The van der Waals surface area contributed by atoms with Gasteiger partial charge in [0.2, 0.25) is 0 Å². The summed E-state index contributed by atoms with van der Waals surface area (Å²) in [6.45, 7) is 6.45. The van der Waals surface area contributed by atoms with Crippen LogP contribution >= 0.6 is 0 Å². The van der Waals surface area contributed by atoms with Crippen molar-refractivity contribution in [2.24, 2.45) is 0 Å². The smallest absolute Gasteiger partial charge is 0.306 e. The third-order valence-electron chi connectivity index (χ3n) is 11.1. The molecule has 0 aromatic carbocycles. The van der Waals surface area contributed by atoms with Crippen LogP contribution in [-0.4, -0.2) is 37.2 Å². The lowest BCUT2D eigenvalue weighted by Crippen LogP contribution is -2.30. The Morgan fingerprint density at radius 1 is 0.328 bits per heavy atom. The van der Waals surface area contributed by atoms with E-state index in [1.807, 2.05) is 0 Å². The summed E-state index contributed by atoms with van der Waals surface area (Å²) in [5, 5.41) is 0. The molecular formula is C58H98O6. The van der Waals surface area contributed by atoms with E-state index >= 15 is 0 Å². The summed E-state index contributed by atoms with van der Waals surface area (Å²) in [6, 6.07) is 0. The summed E-state index contributed by atoms with van der Waals surface area (Å²) in [7, 11) is 0. The molecule has 0 rings (SSSR count). The summed E-state index contributed by atoms with van der Waals surface area (Å²) in [5.74, 6) is -0.967. The Labute approximate surface area is 395 Å². The molecule has 0 bridgehead atoms. The van der Waals surface area contributed by atoms with Crippen LogP contribution in [0.4, 0.5) is 0 Å². The number of ether oxygens (including phenoxy) is 3. The lowest BCUT2D eigenvalue weighted by molar-refractivity contribution is -0.167. The van der Waals surface area contributed by atoms with Gasteiger partial charge in [-0.2, -0.15) is 0 Å². The average molecular weight is 891 g/mol. The standard InChI is InChI=1S/C58H98O6/c1-4-7-10-13-16-19-22-24-26-28-30-31-33-36-39-42-45-48-51-57(60)63-54-55(53-62-56(59)50-47-44-41-38-35-21-18-15-12-9-6-3)64-58(61)52-49-46-43-40-37-34-32-29-27-25-23-20-17-14-11-8-5-2/h8,11,17,19-20,22,25-28,32,34,40,43,55H,4-7,9-10,12-16,18,21,23-24,29-31,33,35-39,41-42,44-54H2,1-3H3/b11-8-,20-17-,22-19-,27-25-,28-26-,34-32-,43-40-. The number of rotatable bonds is 47. The minimum absolute atomic E-state index is 0.101. The van der Waals surface area contributed by atoms with Crippen LogP contribution in [0.25, 0.3) is 0 Å². The number of unbranched alkanes of at least 4 members (excludes halogenated alkanes) is 22. The Hall–Kier alpha value is -3.41. The first-order valence-electron chi connectivity index (χ1n) is 26.6. The van der Waals surface area contributed by atoms with Crippen LogP contribution < -0.4 is 0 Å². The van der Waals surface area contributed by atoms with Gasteiger partial charge in [-0.1, -0.05) is 221 Å². The molecule has 0 aliphatic carbocycles. The van der Waals surface area contributed by atoms with Gasteiger partial charge < -0.3 is 14.2 Å². The maximum absolute atomic E-state index is 12.8. The second-order valence-electron chi connectivity index (χ2n) is 17.4. The minimum Gasteiger partial charge on any atom is -0.462 e. The van der Waals surface area contributed by atoms with Crippen molar-refractivity contribution < 1.29 is 28.6 Å². The van der Waals surface area contributed by atoms with E-state index in [0.717, 1.165) is 89.9 Å². The van der Waals surface area contributed by atoms with Gasteiger partial charge in [0.05, 0.1) is 0 Å². The predicted octanol–water partition coefficient (Wildman–Crippen LogP) is 17.6. The number of carbonyl (C=O) groups excluding carboxylic acids is 3. The highest BCUT2D eigenvalue weighted by Crippen LogP contribution is 2.14. The molecule has 0 N–H and O–H groups in total. The highest BCUT2D eigenvalue weighted by atomic mass is 16.6. The van der Waals surface area contributed by atoms with E-state index in [4.69, 9.17) is 14.2 Å². The van der Waals surface area contributed by atoms with Gasteiger partial charge in [0.15, 0.2) is 6.10 Å². The fourth-order valence-electron chi connectivity index (χ4n) is 7.15. The SMILES string of the molecule is CC/C=C\C/C=C\C/C=C\C/C=C\C/C=C\CCCC(=O)OC(COC(=O)CCCCCCCCC/C=C\C/C=C\CCCCCC)COC(=O)CCCCCCCCCCCCC. The Morgan fingerprint density at radius 3 is 1.02 bits per heavy atom. The van der Waals surface area contributed by atoms with Gasteiger partial charge in [-0.25, -0.2) is 0 Å². The van der Waals surface area contributed by atoms with Gasteiger partial charge in [0.25, 0.3) is 0 Å². The molecule has 366 valence electrons. The van der Waals surface area contributed by atoms with Crippen LogP contribution in [0.3, 0.4) is 0 Å². The predicted molar refractivity (Wildman–Crippen MR) is 274 cm³/mol. The van der Waals surface area contributed by atoms with E-state index in [1.54, 1.807) is 0 Å². The summed E-state index contributed by atoms with van der Waals surface area (Å²) in [6.07, 6.45) is 67.1. The fraction of sp³-hybridized carbons (Fsp3) is 0.707. The molecule has 0 radical (unpaired) electrons. The Kier molecular flexibility index (Phi) is 49.4. The van der Waals surface area contributed by atoms with E-state index in [1.165, 1.54) is 109 Å². The average Bonchev–Trinajstić information content (AvgIpc) is 3.29. The van der Waals surface area contributed by atoms with Gasteiger partial charge in [0, 0.05) is 19.3 Å². The minimum atomic E-state index is -0.807. The molecule has 0 aromatic heterocycles. The molecule has 1 atom stereocenters. The summed E-state index contributed by atoms with van der Waals surface area (Å²) < 4.78 is 16.7. The maximum atomic E-state index is 12.8. The van der Waals surface area contributed by atoms with E-state index in [0.29, 0.717) is 19.3 Å². The molecule has 0 aliphatic rings. The van der Waals surface area contributed by atoms with Crippen molar-refractivity contribution in [3.8, 4) is 0 Å². The van der Waals surface area contributed by atoms with Crippen molar-refractivity contribution in [1.82, 2.24) is 0 Å². The van der Waals surface area contributed by atoms with Crippen LogP contribution in [-0.2, 0) is 28.6 Å². The molecule has 64 heavy (non-hydrogen) atoms. The zero-order valence-corrected chi connectivity index (χ0v) is 41.8. The molecule has 6 nitrogen and oxygen atoms in total. The Balaban J connectivity index is 4.46. The van der Waals surface area contributed by atoms with Crippen molar-refractivity contribution in [3.05, 3.63) is 85.1 Å². The topological polar surface area (TPSA) is 78.9 Å². The summed E-state index contributed by atoms with van der Waals surface area (Å²) in [4.78, 5) is 38.0. The van der Waals surface area contributed by atoms with Crippen LogP contribution in [0.15, 0.2) is 85.1 Å². The van der Waals surface area contributed by atoms with Crippen molar-refractivity contribution in [2.75, 3.05) is 13.2 Å². The van der Waals surface area contributed by atoms with Crippen molar-refractivity contribution in [3.63, 3.8) is 0 Å². The second kappa shape index (κ2) is 52.2. The van der Waals surface area contributed by atoms with Gasteiger partial charge in [-0.3, -0.25) is 14.4 Å². The molecular weight excluding hydrogens is 793 g/mol. The lowest BCUT2D eigenvalue weighted by atomic mass is 10.1. The van der Waals surface area contributed by atoms with E-state index in [2.05, 4.69) is 106 Å². The third kappa shape index (κ3) is 49.6. The molecule has 0 aliphatic heterocycles. The normalized spacial score (nSPS) is 12.7. The zero-order valence-electron chi connectivity index (χ0n) is 41.8. The molecule has 0 saturated heterocycles. The largest absolute Gasteiger partial charge is 0.462 e. The number of allylic oxidation sites excluding steroid dienone is 14. The second-order valence-corrected chi connectivity index (χ2v) is 17.4. The number of hydrogen-bond acceptors (Lipinski definition) is 6. The molecule has 1 unspecified atom stereocenters. The Bertz CT molecular complexity index is 1250.